The van der Waals surface area contributed by atoms with E-state index in [1.807, 2.05) is 31.2 Å². The van der Waals surface area contributed by atoms with E-state index >= 15 is 0 Å². The summed E-state index contributed by atoms with van der Waals surface area (Å²) in [5, 5.41) is 15.0. The molecule has 1 unspecified atom stereocenters. The van der Waals surface area contributed by atoms with Crippen molar-refractivity contribution in [1.29, 1.82) is 0 Å². The van der Waals surface area contributed by atoms with Gasteiger partial charge in [0.25, 0.3) is 0 Å². The molecule has 34 heavy (non-hydrogen) atoms. The summed E-state index contributed by atoms with van der Waals surface area (Å²) in [4.78, 5) is 36.5. The molecule has 1 heterocycles. The Morgan fingerprint density at radius 3 is 2.24 bits per heavy atom. The number of nitrogens with one attached hydrogen (secondary N) is 2. The summed E-state index contributed by atoms with van der Waals surface area (Å²) in [7, 11) is 0. The van der Waals surface area contributed by atoms with Gasteiger partial charge in [-0.2, -0.15) is 0 Å². The average Bonchev–Trinajstić information content (AvgIpc) is 3.15. The Kier molecular flexibility index (Phi) is 7.17. The lowest BCUT2D eigenvalue weighted by molar-refractivity contribution is -0.152. The molecule has 0 radical (unpaired) electrons. The molecule has 1 fully saturated rings. The average molecular weight is 467 g/mol. The molecule has 2 amide bonds. The van der Waals surface area contributed by atoms with Gasteiger partial charge in [0.05, 0.1) is 0 Å². The first-order valence-corrected chi connectivity index (χ1v) is 11.6. The molecule has 2 aromatic rings. The maximum absolute atomic E-state index is 12.5. The molecule has 1 atom stereocenters. The Labute approximate surface area is 198 Å². The summed E-state index contributed by atoms with van der Waals surface area (Å²) >= 11 is 0. The lowest BCUT2D eigenvalue weighted by Gasteiger charge is -2.34. The number of ether oxygens (including phenoxy) is 2. The number of carboxylic acids is 1. The molecular formula is C26H30N2O6. The summed E-state index contributed by atoms with van der Waals surface area (Å²) in [6, 6.07) is 16.3. The number of carbonyl (C=O) groups excluding carboxylic acids is 2. The van der Waals surface area contributed by atoms with Gasteiger partial charge in [0.1, 0.15) is 12.1 Å². The van der Waals surface area contributed by atoms with E-state index in [9.17, 15) is 19.5 Å². The van der Waals surface area contributed by atoms with Crippen LogP contribution in [0, 0.1) is 5.92 Å². The summed E-state index contributed by atoms with van der Waals surface area (Å²) < 4.78 is 10.7. The SMILES string of the molecule is CC(CNC(=O)OCC1c2ccccc2-c2ccccc21)CC(=O)NC1(C(=O)O)CCOCC1. The highest BCUT2D eigenvalue weighted by Gasteiger charge is 2.41. The number of alkyl carbamates (subject to hydrolysis) is 1. The van der Waals surface area contributed by atoms with Crippen LogP contribution < -0.4 is 10.6 Å². The highest BCUT2D eigenvalue weighted by atomic mass is 16.5. The van der Waals surface area contributed by atoms with Crippen molar-refractivity contribution < 1.29 is 29.0 Å². The number of fused-ring (bicyclic) bond motifs is 3. The Balaban J connectivity index is 1.25. The molecule has 1 aliphatic carbocycles. The number of rotatable bonds is 8. The van der Waals surface area contributed by atoms with Crippen LogP contribution in [0.2, 0.25) is 0 Å². The van der Waals surface area contributed by atoms with E-state index in [1.165, 1.54) is 0 Å². The predicted molar refractivity (Wildman–Crippen MR) is 125 cm³/mol. The van der Waals surface area contributed by atoms with Crippen molar-refractivity contribution in [2.24, 2.45) is 5.92 Å². The van der Waals surface area contributed by atoms with Gasteiger partial charge >= 0.3 is 12.1 Å². The van der Waals surface area contributed by atoms with Crippen LogP contribution in [0.3, 0.4) is 0 Å². The number of hydrogen-bond acceptors (Lipinski definition) is 5. The quantitative estimate of drug-likeness (QED) is 0.550. The lowest BCUT2D eigenvalue weighted by atomic mass is 9.89. The first-order chi connectivity index (χ1) is 16.4. The van der Waals surface area contributed by atoms with Gasteiger partial charge in [-0.25, -0.2) is 9.59 Å². The summed E-state index contributed by atoms with van der Waals surface area (Å²) in [5.41, 5.74) is 3.32. The standard InChI is InChI=1S/C26H30N2O6/c1-17(14-23(29)28-26(24(30)31)10-12-33-13-11-26)15-27-25(32)34-16-22-20-8-4-2-6-18(20)19-7-3-5-9-21(19)22/h2-9,17,22H,10-16H2,1H3,(H,27,32)(H,28,29)(H,30,31). The van der Waals surface area contributed by atoms with Gasteiger partial charge < -0.3 is 25.2 Å². The minimum absolute atomic E-state index is 0.0203. The Morgan fingerprint density at radius 1 is 1.06 bits per heavy atom. The normalized spacial score (nSPS) is 17.2. The molecule has 180 valence electrons. The minimum atomic E-state index is -1.28. The second kappa shape index (κ2) is 10.3. The van der Waals surface area contributed by atoms with Crippen molar-refractivity contribution in [2.75, 3.05) is 26.4 Å². The largest absolute Gasteiger partial charge is 0.480 e. The fourth-order valence-electron chi connectivity index (χ4n) is 4.73. The van der Waals surface area contributed by atoms with Gasteiger partial charge in [-0.15, -0.1) is 0 Å². The minimum Gasteiger partial charge on any atom is -0.480 e. The van der Waals surface area contributed by atoms with Crippen LogP contribution in [-0.4, -0.2) is 55.0 Å². The van der Waals surface area contributed by atoms with Gasteiger partial charge in [-0.05, 0) is 28.2 Å². The Hall–Kier alpha value is -3.39. The topological polar surface area (TPSA) is 114 Å². The highest BCUT2D eigenvalue weighted by Crippen LogP contribution is 2.44. The maximum Gasteiger partial charge on any atom is 0.407 e. The van der Waals surface area contributed by atoms with Crippen LogP contribution >= 0.6 is 0 Å². The number of hydrogen-bond donors (Lipinski definition) is 3. The van der Waals surface area contributed by atoms with E-state index in [2.05, 4.69) is 34.9 Å². The van der Waals surface area contributed by atoms with Crippen molar-refractivity contribution in [2.45, 2.75) is 37.6 Å². The third kappa shape index (κ3) is 5.07. The van der Waals surface area contributed by atoms with Gasteiger partial charge in [0.15, 0.2) is 0 Å². The number of carbonyl (C=O) groups is 3. The van der Waals surface area contributed by atoms with Gasteiger partial charge in [-0.1, -0.05) is 55.5 Å². The third-order valence-corrected chi connectivity index (χ3v) is 6.61. The molecular weight excluding hydrogens is 436 g/mol. The molecule has 8 nitrogen and oxygen atoms in total. The van der Waals surface area contributed by atoms with Gasteiger partial charge in [-0.3, -0.25) is 4.79 Å². The molecule has 2 aromatic carbocycles. The van der Waals surface area contributed by atoms with E-state index in [0.29, 0.717) is 13.2 Å². The van der Waals surface area contributed by atoms with Crippen molar-refractivity contribution >= 4 is 18.0 Å². The zero-order valence-corrected chi connectivity index (χ0v) is 19.2. The molecule has 4 rings (SSSR count). The first-order valence-electron chi connectivity index (χ1n) is 11.6. The zero-order chi connectivity index (χ0) is 24.1. The number of carboxylic acid groups (broad SMARTS) is 1. The Bertz CT molecular complexity index is 1020. The fraction of sp³-hybridized carbons (Fsp3) is 0.423. The van der Waals surface area contributed by atoms with E-state index in [0.717, 1.165) is 22.3 Å². The predicted octanol–water partition coefficient (Wildman–Crippen LogP) is 3.30. The molecule has 2 aliphatic rings. The second-order valence-electron chi connectivity index (χ2n) is 9.06. The second-order valence-corrected chi connectivity index (χ2v) is 9.06. The summed E-state index contributed by atoms with van der Waals surface area (Å²) in [6.45, 7) is 2.88. The summed E-state index contributed by atoms with van der Waals surface area (Å²) in [6.07, 6.45) is 0.0287. The van der Waals surface area contributed by atoms with Crippen LogP contribution in [0.5, 0.6) is 0 Å². The molecule has 0 spiro atoms. The molecule has 8 heteroatoms. The monoisotopic (exact) mass is 466 g/mol. The van der Waals surface area contributed by atoms with Crippen LogP contribution in [0.15, 0.2) is 48.5 Å². The van der Waals surface area contributed by atoms with Crippen LogP contribution in [0.25, 0.3) is 11.1 Å². The lowest BCUT2D eigenvalue weighted by Crippen LogP contribution is -2.57. The molecule has 1 saturated heterocycles. The maximum atomic E-state index is 12.5. The molecule has 1 aliphatic heterocycles. The van der Waals surface area contributed by atoms with E-state index in [1.54, 1.807) is 0 Å². The van der Waals surface area contributed by atoms with Crippen molar-refractivity contribution in [1.82, 2.24) is 10.6 Å². The van der Waals surface area contributed by atoms with Gasteiger partial charge in [0, 0.05) is 44.9 Å². The van der Waals surface area contributed by atoms with Crippen molar-refractivity contribution in [3.8, 4) is 11.1 Å². The smallest absolute Gasteiger partial charge is 0.407 e. The number of amides is 2. The molecule has 0 bridgehead atoms. The van der Waals surface area contributed by atoms with Crippen molar-refractivity contribution in [3.63, 3.8) is 0 Å². The third-order valence-electron chi connectivity index (χ3n) is 6.61. The first kappa shape index (κ1) is 23.8. The molecule has 0 saturated carbocycles. The van der Waals surface area contributed by atoms with Crippen LogP contribution in [-0.2, 0) is 19.1 Å². The van der Waals surface area contributed by atoms with E-state index in [4.69, 9.17) is 9.47 Å². The van der Waals surface area contributed by atoms with E-state index in [-0.39, 0.29) is 50.2 Å². The number of aliphatic carboxylic acids is 1. The van der Waals surface area contributed by atoms with Gasteiger partial charge in [0.2, 0.25) is 5.91 Å². The van der Waals surface area contributed by atoms with Crippen LogP contribution in [0.4, 0.5) is 4.79 Å². The fourth-order valence-corrected chi connectivity index (χ4v) is 4.73. The Morgan fingerprint density at radius 2 is 1.65 bits per heavy atom. The number of benzene rings is 2. The van der Waals surface area contributed by atoms with E-state index < -0.39 is 17.6 Å². The molecule has 0 aromatic heterocycles. The van der Waals surface area contributed by atoms with Crippen molar-refractivity contribution in [3.05, 3.63) is 59.7 Å². The summed E-state index contributed by atoms with van der Waals surface area (Å²) in [5.74, 6) is -1.61. The zero-order valence-electron chi connectivity index (χ0n) is 19.2. The molecule has 3 N–H and O–H groups in total. The highest BCUT2D eigenvalue weighted by molar-refractivity contribution is 5.87. The van der Waals surface area contributed by atoms with Crippen LogP contribution in [0.1, 0.15) is 43.2 Å².